The van der Waals surface area contributed by atoms with Crippen molar-refractivity contribution in [3.8, 4) is 11.5 Å². The normalized spacial score (nSPS) is 10.3. The van der Waals surface area contributed by atoms with Gasteiger partial charge in [-0.2, -0.15) is 0 Å². The number of thiazole rings is 1. The van der Waals surface area contributed by atoms with Gasteiger partial charge in [0, 0.05) is 23.2 Å². The van der Waals surface area contributed by atoms with Crippen molar-refractivity contribution in [3.05, 3.63) is 35.3 Å². The summed E-state index contributed by atoms with van der Waals surface area (Å²) in [6.07, 6.45) is 1.53. The SMILES string of the molecule is COC(=O)COc1cc(OC(C)C)cc(C(=O)Nc2nccs2)c1. The lowest BCUT2D eigenvalue weighted by Gasteiger charge is -2.13. The van der Waals surface area contributed by atoms with Crippen molar-refractivity contribution in [2.24, 2.45) is 0 Å². The van der Waals surface area contributed by atoms with Gasteiger partial charge in [-0.3, -0.25) is 10.1 Å². The third-order valence-corrected chi connectivity index (χ3v) is 3.44. The van der Waals surface area contributed by atoms with Crippen molar-refractivity contribution in [2.75, 3.05) is 19.0 Å². The Kier molecular flexibility index (Phi) is 6.14. The van der Waals surface area contributed by atoms with E-state index < -0.39 is 5.97 Å². The fourth-order valence-corrected chi connectivity index (χ4v) is 2.31. The topological polar surface area (TPSA) is 86.8 Å². The first-order chi connectivity index (χ1) is 11.5. The van der Waals surface area contributed by atoms with Crippen molar-refractivity contribution >= 4 is 28.3 Å². The molecule has 24 heavy (non-hydrogen) atoms. The summed E-state index contributed by atoms with van der Waals surface area (Å²) in [6, 6.07) is 4.75. The number of ether oxygens (including phenoxy) is 3. The van der Waals surface area contributed by atoms with Crippen LogP contribution in [0.4, 0.5) is 5.13 Å². The minimum absolute atomic E-state index is 0.0734. The molecule has 1 N–H and O–H groups in total. The number of esters is 1. The first-order valence-corrected chi connectivity index (χ1v) is 8.08. The maximum Gasteiger partial charge on any atom is 0.343 e. The van der Waals surface area contributed by atoms with E-state index >= 15 is 0 Å². The summed E-state index contributed by atoms with van der Waals surface area (Å²) >= 11 is 1.32. The Morgan fingerprint density at radius 1 is 1.25 bits per heavy atom. The summed E-state index contributed by atoms with van der Waals surface area (Å²) in [6.45, 7) is 3.49. The highest BCUT2D eigenvalue weighted by molar-refractivity contribution is 7.13. The first kappa shape index (κ1) is 17.7. The van der Waals surface area contributed by atoms with Gasteiger partial charge >= 0.3 is 5.97 Å². The van der Waals surface area contributed by atoms with E-state index in [0.717, 1.165) is 0 Å². The average molecular weight is 350 g/mol. The van der Waals surface area contributed by atoms with Gasteiger partial charge in [-0.1, -0.05) is 0 Å². The summed E-state index contributed by atoms with van der Waals surface area (Å²) < 4.78 is 15.5. The molecule has 7 nitrogen and oxygen atoms in total. The number of aromatic nitrogens is 1. The molecule has 0 saturated carbocycles. The van der Waals surface area contributed by atoms with Crippen LogP contribution in [0, 0.1) is 0 Å². The zero-order valence-electron chi connectivity index (χ0n) is 13.6. The van der Waals surface area contributed by atoms with Gasteiger partial charge in [0.15, 0.2) is 11.7 Å². The van der Waals surface area contributed by atoms with E-state index in [-0.39, 0.29) is 18.6 Å². The highest BCUT2D eigenvalue weighted by Gasteiger charge is 2.13. The van der Waals surface area contributed by atoms with Crippen LogP contribution in [0.2, 0.25) is 0 Å². The summed E-state index contributed by atoms with van der Waals surface area (Å²) in [7, 11) is 1.27. The Hall–Kier alpha value is -2.61. The molecule has 0 aliphatic carbocycles. The molecule has 0 bridgehead atoms. The minimum atomic E-state index is -0.515. The van der Waals surface area contributed by atoms with Crippen LogP contribution in [0.5, 0.6) is 11.5 Å². The number of rotatable bonds is 7. The number of anilines is 1. The third-order valence-electron chi connectivity index (χ3n) is 2.75. The van der Waals surface area contributed by atoms with Gasteiger partial charge in [0.2, 0.25) is 0 Å². The quantitative estimate of drug-likeness (QED) is 0.773. The largest absolute Gasteiger partial charge is 0.491 e. The molecule has 0 spiro atoms. The molecule has 8 heteroatoms. The number of hydrogen-bond acceptors (Lipinski definition) is 7. The van der Waals surface area contributed by atoms with Crippen LogP contribution in [0.3, 0.4) is 0 Å². The van der Waals surface area contributed by atoms with Gasteiger partial charge in [-0.25, -0.2) is 9.78 Å². The molecule has 0 radical (unpaired) electrons. The molecule has 0 aliphatic heterocycles. The summed E-state index contributed by atoms with van der Waals surface area (Å²) in [5, 5.41) is 4.94. The molecule has 0 unspecified atom stereocenters. The molecule has 1 amide bonds. The van der Waals surface area contributed by atoms with Crippen LogP contribution in [-0.4, -0.2) is 36.7 Å². The standard InChI is InChI=1S/C16H18N2O5S/c1-10(2)23-13-7-11(15(20)18-16-17-4-5-24-16)6-12(8-13)22-9-14(19)21-3/h4-8,10H,9H2,1-3H3,(H,17,18,20). The fraction of sp³-hybridized carbons (Fsp3) is 0.312. The zero-order valence-corrected chi connectivity index (χ0v) is 14.4. The van der Waals surface area contributed by atoms with Gasteiger partial charge in [0.25, 0.3) is 5.91 Å². The molecule has 0 saturated heterocycles. The van der Waals surface area contributed by atoms with E-state index in [1.54, 1.807) is 23.7 Å². The van der Waals surface area contributed by atoms with Gasteiger partial charge < -0.3 is 14.2 Å². The molecule has 128 valence electrons. The Balaban J connectivity index is 2.20. The molecular weight excluding hydrogens is 332 g/mol. The molecule has 0 aliphatic rings. The van der Waals surface area contributed by atoms with E-state index in [2.05, 4.69) is 15.0 Å². The van der Waals surface area contributed by atoms with E-state index in [9.17, 15) is 9.59 Å². The van der Waals surface area contributed by atoms with E-state index in [1.165, 1.54) is 24.5 Å². The minimum Gasteiger partial charge on any atom is -0.491 e. The monoisotopic (exact) mass is 350 g/mol. The van der Waals surface area contributed by atoms with Crippen LogP contribution in [0.25, 0.3) is 0 Å². The maximum absolute atomic E-state index is 12.3. The van der Waals surface area contributed by atoms with Crippen LogP contribution in [0.1, 0.15) is 24.2 Å². The maximum atomic E-state index is 12.3. The number of hydrogen-bond donors (Lipinski definition) is 1. The van der Waals surface area contributed by atoms with Crippen LogP contribution >= 0.6 is 11.3 Å². The lowest BCUT2D eigenvalue weighted by Crippen LogP contribution is -2.15. The number of methoxy groups -OCH3 is 1. The van der Waals surface area contributed by atoms with E-state index in [4.69, 9.17) is 9.47 Å². The first-order valence-electron chi connectivity index (χ1n) is 7.20. The lowest BCUT2D eigenvalue weighted by molar-refractivity contribution is -0.142. The molecule has 0 fully saturated rings. The summed E-state index contributed by atoms with van der Waals surface area (Å²) in [5.41, 5.74) is 0.336. The smallest absolute Gasteiger partial charge is 0.343 e. The van der Waals surface area contributed by atoms with Crippen molar-refractivity contribution in [1.82, 2.24) is 4.98 Å². The Morgan fingerprint density at radius 2 is 2.00 bits per heavy atom. The second kappa shape index (κ2) is 8.30. The number of nitrogens with zero attached hydrogens (tertiary/aromatic N) is 1. The van der Waals surface area contributed by atoms with Gasteiger partial charge in [-0.05, 0) is 26.0 Å². The second-order valence-electron chi connectivity index (χ2n) is 5.02. The predicted molar refractivity (Wildman–Crippen MR) is 89.8 cm³/mol. The lowest BCUT2D eigenvalue weighted by atomic mass is 10.2. The Labute approximate surface area is 143 Å². The highest BCUT2D eigenvalue weighted by atomic mass is 32.1. The molecule has 1 aromatic heterocycles. The zero-order chi connectivity index (χ0) is 17.5. The second-order valence-corrected chi connectivity index (χ2v) is 5.91. The predicted octanol–water partition coefficient (Wildman–Crippen LogP) is 2.73. The van der Waals surface area contributed by atoms with Crippen LogP contribution in [0.15, 0.2) is 29.8 Å². The molecule has 1 heterocycles. The van der Waals surface area contributed by atoms with Gasteiger partial charge in [0.1, 0.15) is 11.5 Å². The average Bonchev–Trinajstić information content (AvgIpc) is 3.04. The van der Waals surface area contributed by atoms with Crippen LogP contribution < -0.4 is 14.8 Å². The van der Waals surface area contributed by atoms with Crippen molar-refractivity contribution in [1.29, 1.82) is 0 Å². The number of nitrogens with one attached hydrogen (secondary N) is 1. The number of benzene rings is 1. The fourth-order valence-electron chi connectivity index (χ4n) is 1.78. The molecule has 1 aromatic carbocycles. The molecular formula is C16H18N2O5S. The summed E-state index contributed by atoms with van der Waals surface area (Å²) in [5.74, 6) is -0.0551. The van der Waals surface area contributed by atoms with Crippen molar-refractivity contribution in [3.63, 3.8) is 0 Å². The molecule has 0 atom stereocenters. The van der Waals surface area contributed by atoms with Gasteiger partial charge in [-0.15, -0.1) is 11.3 Å². The van der Waals surface area contributed by atoms with Gasteiger partial charge in [0.05, 0.1) is 13.2 Å². The molecule has 2 aromatic rings. The Morgan fingerprint density at radius 3 is 2.62 bits per heavy atom. The van der Waals surface area contributed by atoms with E-state index in [0.29, 0.717) is 22.2 Å². The van der Waals surface area contributed by atoms with Crippen molar-refractivity contribution < 1.29 is 23.8 Å². The van der Waals surface area contributed by atoms with Crippen LogP contribution in [-0.2, 0) is 9.53 Å². The third kappa shape index (κ3) is 5.24. The number of amides is 1. The van der Waals surface area contributed by atoms with E-state index in [1.807, 2.05) is 13.8 Å². The highest BCUT2D eigenvalue weighted by Crippen LogP contribution is 2.25. The van der Waals surface area contributed by atoms with Crippen molar-refractivity contribution in [2.45, 2.75) is 20.0 Å². The summed E-state index contributed by atoms with van der Waals surface area (Å²) in [4.78, 5) is 27.6. The number of carbonyl (C=O) groups is 2. The molecule has 2 rings (SSSR count). The Bertz CT molecular complexity index is 700. The number of carbonyl (C=O) groups excluding carboxylic acids is 2.